The van der Waals surface area contributed by atoms with Crippen LogP contribution in [-0.4, -0.2) is 11.1 Å². The van der Waals surface area contributed by atoms with Gasteiger partial charge in [-0.15, -0.1) is 0 Å². The quantitative estimate of drug-likeness (QED) is 0.668. The van der Waals surface area contributed by atoms with Gasteiger partial charge in [0.2, 0.25) is 0 Å². The van der Waals surface area contributed by atoms with Crippen molar-refractivity contribution in [3.63, 3.8) is 0 Å². The van der Waals surface area contributed by atoms with Crippen LogP contribution in [0.4, 0.5) is 4.39 Å². The van der Waals surface area contributed by atoms with Gasteiger partial charge < -0.3 is 27.2 Å². The molecule has 0 aliphatic carbocycles. The van der Waals surface area contributed by atoms with E-state index >= 15 is 0 Å². The van der Waals surface area contributed by atoms with E-state index in [0.29, 0.717) is 24.4 Å². The fourth-order valence-corrected chi connectivity index (χ4v) is 2.55. The lowest BCUT2D eigenvalue weighted by molar-refractivity contribution is -0.0000216. The summed E-state index contributed by atoms with van der Waals surface area (Å²) >= 11 is 5.79. The van der Waals surface area contributed by atoms with Gasteiger partial charge >= 0.3 is 5.97 Å². The molecule has 0 radical (unpaired) electrons. The van der Waals surface area contributed by atoms with Crippen molar-refractivity contribution in [1.82, 2.24) is 5.32 Å². The molecule has 0 saturated heterocycles. The van der Waals surface area contributed by atoms with Gasteiger partial charge in [-0.05, 0) is 48.0 Å². The van der Waals surface area contributed by atoms with E-state index < -0.39 is 11.8 Å². The van der Waals surface area contributed by atoms with Crippen molar-refractivity contribution in [1.29, 1.82) is 0 Å². The molecule has 3 aromatic rings. The zero-order chi connectivity index (χ0) is 17.8. The minimum atomic E-state index is -0.941. The second-order valence-electron chi connectivity index (χ2n) is 5.50. The molecule has 26 heavy (non-hydrogen) atoms. The number of nitrogens with one attached hydrogen (secondary N) is 1. The maximum absolute atomic E-state index is 13.2. The maximum atomic E-state index is 13.2. The molecule has 0 aliphatic rings. The molecule has 0 aliphatic heterocycles. The molecule has 0 spiro atoms. The van der Waals surface area contributed by atoms with E-state index in [1.165, 1.54) is 12.1 Å². The second kappa shape index (κ2) is 8.85. The highest BCUT2D eigenvalue weighted by molar-refractivity contribution is 6.31. The zero-order valence-corrected chi connectivity index (χ0v) is 15.0. The number of hydrogen-bond acceptors (Lipinski definition) is 3. The lowest BCUT2D eigenvalue weighted by atomic mass is 10.1. The standard InChI is InChI=1S/C19H15ClFNO3.ClH/c20-16-9-14(5-7-17(16)21)18-8-6-15(25-18)11-22-10-12-1-3-13(4-2-12)19(23)24;/h1-9,22H,10-11H2,(H,23,24);1H/p-1. The van der Waals surface area contributed by atoms with Crippen LogP contribution in [-0.2, 0) is 13.1 Å². The summed E-state index contributed by atoms with van der Waals surface area (Å²) in [4.78, 5) is 10.8. The fourth-order valence-electron chi connectivity index (χ4n) is 2.37. The van der Waals surface area contributed by atoms with Gasteiger partial charge in [0.15, 0.2) is 0 Å². The number of hydrogen-bond donors (Lipinski definition) is 2. The maximum Gasteiger partial charge on any atom is 0.335 e. The first-order chi connectivity index (χ1) is 12.0. The number of carboxylic acids is 1. The van der Waals surface area contributed by atoms with Gasteiger partial charge in [-0.3, -0.25) is 0 Å². The molecule has 0 atom stereocenters. The van der Waals surface area contributed by atoms with Crippen molar-refractivity contribution < 1.29 is 31.1 Å². The summed E-state index contributed by atoms with van der Waals surface area (Å²) in [6, 6.07) is 14.8. The summed E-state index contributed by atoms with van der Waals surface area (Å²) in [5.41, 5.74) is 1.95. The lowest BCUT2D eigenvalue weighted by Gasteiger charge is -2.04. The molecule has 1 heterocycles. The Morgan fingerprint density at radius 3 is 2.46 bits per heavy atom. The van der Waals surface area contributed by atoms with Crippen LogP contribution >= 0.6 is 11.6 Å². The topological polar surface area (TPSA) is 62.5 Å². The van der Waals surface area contributed by atoms with Gasteiger partial charge in [0, 0.05) is 12.1 Å². The smallest absolute Gasteiger partial charge is 0.335 e. The summed E-state index contributed by atoms with van der Waals surface area (Å²) in [5.74, 6) is -0.0570. The summed E-state index contributed by atoms with van der Waals surface area (Å²) in [6.07, 6.45) is 0. The van der Waals surface area contributed by atoms with Gasteiger partial charge in [0.1, 0.15) is 17.3 Å². The van der Waals surface area contributed by atoms with Crippen molar-refractivity contribution >= 4 is 17.6 Å². The molecule has 4 nitrogen and oxygen atoms in total. The third-order valence-electron chi connectivity index (χ3n) is 3.70. The number of halogens is 3. The van der Waals surface area contributed by atoms with E-state index in [1.807, 2.05) is 12.1 Å². The van der Waals surface area contributed by atoms with Crippen molar-refractivity contribution in [2.45, 2.75) is 13.1 Å². The van der Waals surface area contributed by atoms with Crippen LogP contribution in [0.1, 0.15) is 21.7 Å². The number of carbonyl (C=O) groups is 1. The third-order valence-corrected chi connectivity index (χ3v) is 3.98. The van der Waals surface area contributed by atoms with Gasteiger partial charge in [-0.25, -0.2) is 9.18 Å². The number of rotatable bonds is 6. The van der Waals surface area contributed by atoms with Gasteiger partial charge in [0.25, 0.3) is 0 Å². The van der Waals surface area contributed by atoms with Crippen LogP contribution < -0.4 is 17.7 Å². The van der Waals surface area contributed by atoms with Crippen LogP contribution in [0.25, 0.3) is 11.3 Å². The van der Waals surface area contributed by atoms with E-state index in [2.05, 4.69) is 5.32 Å². The number of furan rings is 1. The Morgan fingerprint density at radius 1 is 1.08 bits per heavy atom. The molecule has 2 aromatic carbocycles. The van der Waals surface area contributed by atoms with Gasteiger partial charge in [-0.2, -0.15) is 0 Å². The monoisotopic (exact) mass is 394 g/mol. The predicted octanol–water partition coefficient (Wildman–Crippen LogP) is 1.73. The Labute approximate surface area is 161 Å². The second-order valence-corrected chi connectivity index (χ2v) is 5.91. The van der Waals surface area contributed by atoms with E-state index in [4.69, 9.17) is 21.1 Å². The van der Waals surface area contributed by atoms with Gasteiger partial charge in [0.05, 0.1) is 17.1 Å². The van der Waals surface area contributed by atoms with Crippen LogP contribution in [0.2, 0.25) is 5.02 Å². The number of aromatic carboxylic acids is 1. The Morgan fingerprint density at radius 2 is 1.81 bits per heavy atom. The summed E-state index contributed by atoms with van der Waals surface area (Å²) in [6.45, 7) is 1.09. The first-order valence-corrected chi connectivity index (χ1v) is 7.98. The molecular formula is C19H15Cl2FNO3-. The van der Waals surface area contributed by atoms with Crippen molar-refractivity contribution in [3.05, 3.63) is 82.3 Å². The number of benzene rings is 2. The van der Waals surface area contributed by atoms with Crippen LogP contribution in [0.3, 0.4) is 0 Å². The molecule has 0 amide bonds. The highest BCUT2D eigenvalue weighted by Crippen LogP contribution is 2.26. The van der Waals surface area contributed by atoms with Crippen LogP contribution in [0, 0.1) is 5.82 Å². The van der Waals surface area contributed by atoms with Crippen molar-refractivity contribution in [3.8, 4) is 11.3 Å². The van der Waals surface area contributed by atoms with E-state index in [0.717, 1.165) is 11.3 Å². The molecule has 1 aromatic heterocycles. The normalized spacial score (nSPS) is 10.4. The van der Waals surface area contributed by atoms with Crippen LogP contribution in [0.5, 0.6) is 0 Å². The third kappa shape index (κ3) is 4.85. The Hall–Kier alpha value is -2.34. The first kappa shape index (κ1) is 20.0. The molecule has 3 rings (SSSR count). The first-order valence-electron chi connectivity index (χ1n) is 7.60. The van der Waals surface area contributed by atoms with E-state index in [9.17, 15) is 9.18 Å². The minimum Gasteiger partial charge on any atom is -1.00 e. The molecule has 0 unspecified atom stereocenters. The molecular weight excluding hydrogens is 380 g/mol. The molecule has 0 bridgehead atoms. The molecule has 2 N–H and O–H groups in total. The average Bonchev–Trinajstić information content (AvgIpc) is 3.07. The fraction of sp³-hybridized carbons (Fsp3) is 0.105. The Bertz CT molecular complexity index is 894. The largest absolute Gasteiger partial charge is 1.00 e. The summed E-state index contributed by atoms with van der Waals surface area (Å²) in [7, 11) is 0. The molecule has 7 heteroatoms. The summed E-state index contributed by atoms with van der Waals surface area (Å²) < 4.78 is 18.9. The van der Waals surface area contributed by atoms with E-state index in [-0.39, 0.29) is 23.0 Å². The molecule has 0 fully saturated rings. The van der Waals surface area contributed by atoms with Crippen LogP contribution in [0.15, 0.2) is 59.0 Å². The zero-order valence-electron chi connectivity index (χ0n) is 13.5. The number of carboxylic acid groups (broad SMARTS) is 1. The molecule has 136 valence electrons. The van der Waals surface area contributed by atoms with Gasteiger partial charge in [-0.1, -0.05) is 23.7 Å². The highest BCUT2D eigenvalue weighted by Gasteiger charge is 2.08. The average molecular weight is 395 g/mol. The molecule has 0 saturated carbocycles. The SMILES string of the molecule is O=C(O)c1ccc(CNCc2ccc(-c3ccc(F)c(Cl)c3)o2)cc1.[Cl-]. The Kier molecular flexibility index (Phi) is 6.80. The van der Waals surface area contributed by atoms with Crippen molar-refractivity contribution in [2.75, 3.05) is 0 Å². The van der Waals surface area contributed by atoms with E-state index in [1.54, 1.807) is 30.3 Å². The lowest BCUT2D eigenvalue weighted by Crippen LogP contribution is -3.00. The predicted molar refractivity (Wildman–Crippen MR) is 93.1 cm³/mol. The summed E-state index contributed by atoms with van der Waals surface area (Å²) in [5, 5.41) is 12.2. The highest BCUT2D eigenvalue weighted by atomic mass is 35.5. The Balaban J connectivity index is 0.00000243. The van der Waals surface area contributed by atoms with Crippen molar-refractivity contribution in [2.24, 2.45) is 0 Å². The minimum absolute atomic E-state index is 0.